The minimum absolute atomic E-state index is 0.0397. The van der Waals surface area contributed by atoms with E-state index < -0.39 is 11.9 Å². The molecule has 1 saturated heterocycles. The van der Waals surface area contributed by atoms with Gasteiger partial charge < -0.3 is 15.1 Å². The number of nitrogens with one attached hydrogen (secondary N) is 1. The van der Waals surface area contributed by atoms with E-state index in [2.05, 4.69) is 5.32 Å². The fourth-order valence-electron chi connectivity index (χ4n) is 3.90. The van der Waals surface area contributed by atoms with Gasteiger partial charge in [-0.25, -0.2) is 4.39 Å². The number of carbonyl (C=O) groups is 3. The molecule has 32 heavy (non-hydrogen) atoms. The Labute approximate surface area is 188 Å². The summed E-state index contributed by atoms with van der Waals surface area (Å²) < 4.78 is 14.0. The summed E-state index contributed by atoms with van der Waals surface area (Å²) in [4.78, 5) is 42.1. The molecule has 0 aliphatic carbocycles. The van der Waals surface area contributed by atoms with Gasteiger partial charge in [-0.3, -0.25) is 14.4 Å². The number of aryl methyl sites for hydroxylation is 1. The molecular weight excluding hydrogens is 409 g/mol. The predicted molar refractivity (Wildman–Crippen MR) is 121 cm³/mol. The smallest absolute Gasteiger partial charge is 0.256 e. The number of nitrogens with zero attached hydrogens (tertiary/aromatic N) is 2. The van der Waals surface area contributed by atoms with Crippen molar-refractivity contribution in [3.8, 4) is 0 Å². The maximum atomic E-state index is 14.0. The first-order valence-corrected chi connectivity index (χ1v) is 11.0. The Balaban J connectivity index is 1.68. The zero-order chi connectivity index (χ0) is 23.3. The lowest BCUT2D eigenvalue weighted by Gasteiger charge is -2.29. The lowest BCUT2D eigenvalue weighted by atomic mass is 10.0. The van der Waals surface area contributed by atoms with Gasteiger partial charge in [-0.15, -0.1) is 0 Å². The van der Waals surface area contributed by atoms with Gasteiger partial charge in [0.25, 0.3) is 11.8 Å². The van der Waals surface area contributed by atoms with Crippen LogP contribution in [0.1, 0.15) is 46.5 Å². The van der Waals surface area contributed by atoms with Gasteiger partial charge >= 0.3 is 0 Å². The normalized spacial score (nSPS) is 15.3. The van der Waals surface area contributed by atoms with E-state index in [-0.39, 0.29) is 29.2 Å². The molecule has 2 aromatic rings. The summed E-state index contributed by atoms with van der Waals surface area (Å²) in [6.07, 6.45) is 0.586. The minimum Gasteiger partial charge on any atom is -0.340 e. The number of carbonyl (C=O) groups excluding carboxylic acids is 3. The Morgan fingerprint density at radius 2 is 1.47 bits per heavy atom. The number of rotatable bonds is 5. The topological polar surface area (TPSA) is 69.7 Å². The van der Waals surface area contributed by atoms with E-state index in [1.54, 1.807) is 34.1 Å². The van der Waals surface area contributed by atoms with E-state index in [9.17, 15) is 18.8 Å². The molecule has 3 rings (SSSR count). The highest BCUT2D eigenvalue weighted by atomic mass is 19.1. The predicted octanol–water partition coefficient (Wildman–Crippen LogP) is 3.26. The van der Waals surface area contributed by atoms with Crippen molar-refractivity contribution < 1.29 is 18.8 Å². The monoisotopic (exact) mass is 439 g/mol. The lowest BCUT2D eigenvalue weighted by Crippen LogP contribution is -2.52. The van der Waals surface area contributed by atoms with Crippen LogP contribution in [0.3, 0.4) is 0 Å². The first kappa shape index (κ1) is 23.4. The van der Waals surface area contributed by atoms with Crippen LogP contribution in [0.4, 0.5) is 4.39 Å². The van der Waals surface area contributed by atoms with Gasteiger partial charge in [-0.1, -0.05) is 44.2 Å². The van der Waals surface area contributed by atoms with Crippen molar-refractivity contribution in [1.29, 1.82) is 0 Å². The van der Waals surface area contributed by atoms with Crippen molar-refractivity contribution in [2.24, 2.45) is 5.92 Å². The Bertz CT molecular complexity index is 992. The van der Waals surface area contributed by atoms with E-state index in [0.29, 0.717) is 38.2 Å². The van der Waals surface area contributed by atoms with Crippen molar-refractivity contribution in [3.05, 3.63) is 71.0 Å². The van der Waals surface area contributed by atoms with E-state index in [1.807, 2.05) is 32.9 Å². The second-order valence-corrected chi connectivity index (χ2v) is 8.46. The molecule has 0 bridgehead atoms. The van der Waals surface area contributed by atoms with Crippen LogP contribution in [0.5, 0.6) is 0 Å². The molecule has 0 radical (unpaired) electrons. The van der Waals surface area contributed by atoms with Crippen LogP contribution in [0.15, 0.2) is 48.5 Å². The quantitative estimate of drug-likeness (QED) is 0.778. The second-order valence-electron chi connectivity index (χ2n) is 8.46. The summed E-state index contributed by atoms with van der Waals surface area (Å²) in [6, 6.07) is 12.5. The molecule has 1 unspecified atom stereocenters. The van der Waals surface area contributed by atoms with Crippen molar-refractivity contribution >= 4 is 17.7 Å². The average molecular weight is 440 g/mol. The Hall–Kier alpha value is -3.22. The number of halogens is 1. The zero-order valence-corrected chi connectivity index (χ0v) is 18.8. The standard InChI is InChI=1S/C25H30FN3O3/c1-17(2)22(27-23(30)19-10-5-4-9-18(19)3)25(32)29-14-8-13-28(15-16-29)24(31)20-11-6-7-12-21(20)26/h4-7,9-12,17,22H,8,13-16H2,1-3H3,(H,27,30). The summed E-state index contributed by atoms with van der Waals surface area (Å²) in [5.41, 5.74) is 1.43. The molecule has 170 valence electrons. The molecule has 3 amide bonds. The van der Waals surface area contributed by atoms with Gasteiger partial charge in [0.1, 0.15) is 11.9 Å². The summed E-state index contributed by atoms with van der Waals surface area (Å²) >= 11 is 0. The second kappa shape index (κ2) is 10.4. The molecule has 0 spiro atoms. The molecule has 1 aliphatic rings. The molecule has 1 heterocycles. The van der Waals surface area contributed by atoms with Crippen LogP contribution in [0, 0.1) is 18.7 Å². The number of benzene rings is 2. The van der Waals surface area contributed by atoms with E-state index in [1.165, 1.54) is 12.1 Å². The third kappa shape index (κ3) is 5.33. The highest BCUT2D eigenvalue weighted by Gasteiger charge is 2.31. The Morgan fingerprint density at radius 1 is 0.875 bits per heavy atom. The summed E-state index contributed by atoms with van der Waals surface area (Å²) in [7, 11) is 0. The van der Waals surface area contributed by atoms with Crippen molar-refractivity contribution in [2.75, 3.05) is 26.2 Å². The minimum atomic E-state index is -0.670. The van der Waals surface area contributed by atoms with Crippen molar-refractivity contribution in [2.45, 2.75) is 33.2 Å². The van der Waals surface area contributed by atoms with Crippen LogP contribution in [0.25, 0.3) is 0 Å². The molecule has 1 fully saturated rings. The molecule has 1 aliphatic heterocycles. The first-order chi connectivity index (χ1) is 15.3. The van der Waals surface area contributed by atoms with Crippen molar-refractivity contribution in [1.82, 2.24) is 15.1 Å². The highest BCUT2D eigenvalue weighted by Crippen LogP contribution is 2.15. The maximum absolute atomic E-state index is 14.0. The van der Waals surface area contributed by atoms with Gasteiger partial charge in [0, 0.05) is 31.7 Å². The molecule has 1 N–H and O–H groups in total. The van der Waals surface area contributed by atoms with E-state index in [4.69, 9.17) is 0 Å². The average Bonchev–Trinajstić information content (AvgIpc) is 3.03. The number of amides is 3. The van der Waals surface area contributed by atoms with Gasteiger partial charge in [0.15, 0.2) is 0 Å². The number of hydrogen-bond acceptors (Lipinski definition) is 3. The number of hydrogen-bond donors (Lipinski definition) is 1. The van der Waals surface area contributed by atoms with Crippen LogP contribution in [-0.2, 0) is 4.79 Å². The molecule has 0 aromatic heterocycles. The molecule has 6 nitrogen and oxygen atoms in total. The summed E-state index contributed by atoms with van der Waals surface area (Å²) in [5.74, 6) is -1.46. The lowest BCUT2D eigenvalue weighted by molar-refractivity contribution is -0.134. The summed E-state index contributed by atoms with van der Waals surface area (Å²) in [5, 5.41) is 2.90. The fourth-order valence-corrected chi connectivity index (χ4v) is 3.90. The molecule has 0 saturated carbocycles. The SMILES string of the molecule is Cc1ccccc1C(=O)NC(C(=O)N1CCCN(C(=O)c2ccccc2F)CC1)C(C)C. The Kier molecular flexibility index (Phi) is 7.62. The largest absolute Gasteiger partial charge is 0.340 e. The van der Waals surface area contributed by atoms with Crippen LogP contribution in [-0.4, -0.2) is 59.7 Å². The van der Waals surface area contributed by atoms with Crippen LogP contribution in [0.2, 0.25) is 0 Å². The third-order valence-electron chi connectivity index (χ3n) is 5.81. The van der Waals surface area contributed by atoms with Gasteiger partial charge in [0.2, 0.25) is 5.91 Å². The van der Waals surface area contributed by atoms with E-state index >= 15 is 0 Å². The molecule has 1 atom stereocenters. The van der Waals surface area contributed by atoms with E-state index in [0.717, 1.165) is 5.56 Å². The van der Waals surface area contributed by atoms with Crippen LogP contribution < -0.4 is 5.32 Å². The van der Waals surface area contributed by atoms with Gasteiger partial charge in [0.05, 0.1) is 5.56 Å². The van der Waals surface area contributed by atoms with Gasteiger partial charge in [-0.2, -0.15) is 0 Å². The Morgan fingerprint density at radius 3 is 2.12 bits per heavy atom. The van der Waals surface area contributed by atoms with Gasteiger partial charge in [-0.05, 0) is 43.0 Å². The molecule has 2 aromatic carbocycles. The summed E-state index contributed by atoms with van der Waals surface area (Å²) in [6.45, 7) is 7.22. The molecule has 7 heteroatoms. The molecular formula is C25H30FN3O3. The first-order valence-electron chi connectivity index (χ1n) is 11.0. The van der Waals surface area contributed by atoms with Crippen LogP contribution >= 0.6 is 0 Å². The van der Waals surface area contributed by atoms with Crippen molar-refractivity contribution in [3.63, 3.8) is 0 Å². The highest BCUT2D eigenvalue weighted by molar-refractivity contribution is 5.98. The fraction of sp³-hybridized carbons (Fsp3) is 0.400. The third-order valence-corrected chi connectivity index (χ3v) is 5.81. The maximum Gasteiger partial charge on any atom is 0.256 e. The zero-order valence-electron chi connectivity index (χ0n) is 18.8.